The normalized spacial score (nSPS) is 18.4. The van der Waals surface area contributed by atoms with Gasteiger partial charge in [-0.25, -0.2) is 0 Å². The first kappa shape index (κ1) is 15.4. The van der Waals surface area contributed by atoms with Gasteiger partial charge in [-0.2, -0.15) is 0 Å². The minimum atomic E-state index is 0.186. The molecule has 0 aliphatic heterocycles. The summed E-state index contributed by atoms with van der Waals surface area (Å²) in [6.07, 6.45) is 4.94. The molecule has 2 unspecified atom stereocenters. The van der Waals surface area contributed by atoms with E-state index in [1.807, 2.05) is 11.8 Å². The lowest BCUT2D eigenvalue weighted by Gasteiger charge is -2.29. The van der Waals surface area contributed by atoms with E-state index in [9.17, 15) is 4.79 Å². The maximum atomic E-state index is 12.2. The van der Waals surface area contributed by atoms with Crippen LogP contribution in [0.25, 0.3) is 0 Å². The summed E-state index contributed by atoms with van der Waals surface area (Å²) >= 11 is 0. The summed E-state index contributed by atoms with van der Waals surface area (Å²) in [4.78, 5) is 14.2. The predicted octanol–water partition coefficient (Wildman–Crippen LogP) is 1.78. The number of carbonyl (C=O) groups is 1. The van der Waals surface area contributed by atoms with Crippen molar-refractivity contribution in [3.63, 3.8) is 0 Å². The van der Waals surface area contributed by atoms with Gasteiger partial charge in [-0.1, -0.05) is 0 Å². The molecule has 18 heavy (non-hydrogen) atoms. The Hall–Kier alpha value is -0.610. The van der Waals surface area contributed by atoms with Gasteiger partial charge in [0.05, 0.1) is 6.61 Å². The van der Waals surface area contributed by atoms with Gasteiger partial charge in [0, 0.05) is 32.2 Å². The average Bonchev–Trinajstić information content (AvgIpc) is 3.12. The first-order chi connectivity index (χ1) is 8.56. The van der Waals surface area contributed by atoms with Gasteiger partial charge in [-0.05, 0) is 45.4 Å². The Bertz CT molecular complexity index is 252. The van der Waals surface area contributed by atoms with Crippen molar-refractivity contribution in [3.8, 4) is 0 Å². The van der Waals surface area contributed by atoms with Crippen LogP contribution >= 0.6 is 0 Å². The van der Waals surface area contributed by atoms with Crippen molar-refractivity contribution in [2.45, 2.75) is 58.0 Å². The van der Waals surface area contributed by atoms with Gasteiger partial charge in [0.15, 0.2) is 0 Å². The van der Waals surface area contributed by atoms with E-state index in [0.29, 0.717) is 31.5 Å². The number of carbonyl (C=O) groups excluding carboxylic acids is 1. The Morgan fingerprint density at radius 1 is 1.44 bits per heavy atom. The molecule has 0 radical (unpaired) electrons. The highest BCUT2D eigenvalue weighted by Gasteiger charge is 2.33. The van der Waals surface area contributed by atoms with Crippen LogP contribution < -0.4 is 5.73 Å². The van der Waals surface area contributed by atoms with Crippen molar-refractivity contribution in [2.75, 3.05) is 20.3 Å². The molecule has 1 aliphatic rings. The Balaban J connectivity index is 2.39. The second-order valence-electron chi connectivity index (χ2n) is 5.53. The second kappa shape index (κ2) is 7.74. The maximum Gasteiger partial charge on any atom is 0.222 e. The van der Waals surface area contributed by atoms with Crippen LogP contribution in [0.1, 0.15) is 46.0 Å². The molecule has 106 valence electrons. The number of nitrogens with two attached hydrogens (primary N) is 1. The Morgan fingerprint density at radius 2 is 2.11 bits per heavy atom. The lowest BCUT2D eigenvalue weighted by atomic mass is 10.1. The minimum absolute atomic E-state index is 0.186. The van der Waals surface area contributed by atoms with E-state index in [0.717, 1.165) is 12.8 Å². The zero-order chi connectivity index (χ0) is 13.5. The third-order valence-corrected chi connectivity index (χ3v) is 3.70. The van der Waals surface area contributed by atoms with E-state index in [1.165, 1.54) is 12.8 Å². The molecule has 4 heteroatoms. The summed E-state index contributed by atoms with van der Waals surface area (Å²) in [5.41, 5.74) is 5.71. The van der Waals surface area contributed by atoms with Crippen LogP contribution in [0.4, 0.5) is 0 Å². The molecule has 1 aliphatic carbocycles. The molecular formula is C14H28N2O2. The lowest BCUT2D eigenvalue weighted by molar-refractivity contribution is -0.134. The topological polar surface area (TPSA) is 55.6 Å². The quantitative estimate of drug-likeness (QED) is 0.684. The fraction of sp³-hybridized carbons (Fsp3) is 0.929. The molecule has 0 bridgehead atoms. The molecule has 4 nitrogen and oxygen atoms in total. The predicted molar refractivity (Wildman–Crippen MR) is 73.3 cm³/mol. The molecule has 0 spiro atoms. The van der Waals surface area contributed by atoms with E-state index in [-0.39, 0.29) is 11.9 Å². The average molecular weight is 256 g/mol. The van der Waals surface area contributed by atoms with E-state index < -0.39 is 0 Å². The fourth-order valence-corrected chi connectivity index (χ4v) is 2.30. The summed E-state index contributed by atoms with van der Waals surface area (Å²) in [6.45, 7) is 5.48. The molecule has 2 N–H and O–H groups in total. The molecule has 1 fully saturated rings. The van der Waals surface area contributed by atoms with E-state index in [1.54, 1.807) is 7.11 Å². The Labute approximate surface area is 111 Å². The molecule has 1 saturated carbocycles. The van der Waals surface area contributed by atoms with Crippen molar-refractivity contribution in [2.24, 2.45) is 11.7 Å². The van der Waals surface area contributed by atoms with Gasteiger partial charge in [0.25, 0.3) is 0 Å². The van der Waals surface area contributed by atoms with Crippen LogP contribution in [-0.2, 0) is 9.53 Å². The van der Waals surface area contributed by atoms with Crippen molar-refractivity contribution in [1.82, 2.24) is 4.90 Å². The zero-order valence-electron chi connectivity index (χ0n) is 12.0. The number of methoxy groups -OCH3 is 1. The summed E-state index contributed by atoms with van der Waals surface area (Å²) in [7, 11) is 1.68. The molecule has 0 aromatic rings. The molecule has 1 amide bonds. The van der Waals surface area contributed by atoms with Crippen molar-refractivity contribution >= 4 is 5.91 Å². The van der Waals surface area contributed by atoms with Gasteiger partial charge >= 0.3 is 0 Å². The summed E-state index contributed by atoms with van der Waals surface area (Å²) in [5.74, 6) is 0.964. The molecule has 2 atom stereocenters. The summed E-state index contributed by atoms with van der Waals surface area (Å²) in [5, 5.41) is 0. The van der Waals surface area contributed by atoms with Crippen LogP contribution in [0.15, 0.2) is 0 Å². The first-order valence-corrected chi connectivity index (χ1v) is 7.10. The molecule has 1 rings (SSSR count). The molecule has 0 heterocycles. The number of hydrogen-bond acceptors (Lipinski definition) is 3. The standard InChI is InChI=1S/C14H28N2O2/c1-11(15)5-4-6-14(17)16(9-10-18-3)12(2)13-7-8-13/h11-13H,4-10,15H2,1-3H3. The van der Waals surface area contributed by atoms with Gasteiger partial charge in [-0.3, -0.25) is 4.79 Å². The molecular weight excluding hydrogens is 228 g/mol. The van der Waals surface area contributed by atoms with Gasteiger partial charge < -0.3 is 15.4 Å². The fourth-order valence-electron chi connectivity index (χ4n) is 2.30. The number of nitrogens with zero attached hydrogens (tertiary/aromatic N) is 1. The van der Waals surface area contributed by atoms with E-state index in [2.05, 4.69) is 6.92 Å². The first-order valence-electron chi connectivity index (χ1n) is 7.10. The lowest BCUT2D eigenvalue weighted by Crippen LogP contribution is -2.42. The molecule has 0 aromatic carbocycles. The highest BCUT2D eigenvalue weighted by Crippen LogP contribution is 2.35. The minimum Gasteiger partial charge on any atom is -0.383 e. The third-order valence-electron chi connectivity index (χ3n) is 3.70. The molecule has 0 aromatic heterocycles. The SMILES string of the molecule is COCCN(C(=O)CCCC(C)N)C(C)C1CC1. The van der Waals surface area contributed by atoms with Crippen LogP contribution in [-0.4, -0.2) is 43.2 Å². The van der Waals surface area contributed by atoms with E-state index in [4.69, 9.17) is 10.5 Å². The zero-order valence-corrected chi connectivity index (χ0v) is 12.0. The van der Waals surface area contributed by atoms with Gasteiger partial charge in [0.2, 0.25) is 5.91 Å². The Kier molecular flexibility index (Phi) is 6.65. The number of amides is 1. The number of ether oxygens (including phenoxy) is 1. The summed E-state index contributed by atoms with van der Waals surface area (Å²) < 4.78 is 5.10. The van der Waals surface area contributed by atoms with Crippen molar-refractivity contribution in [3.05, 3.63) is 0 Å². The highest BCUT2D eigenvalue weighted by molar-refractivity contribution is 5.76. The van der Waals surface area contributed by atoms with Crippen LogP contribution in [0.5, 0.6) is 0 Å². The highest BCUT2D eigenvalue weighted by atomic mass is 16.5. The molecule has 0 saturated heterocycles. The van der Waals surface area contributed by atoms with Crippen LogP contribution in [0.2, 0.25) is 0 Å². The van der Waals surface area contributed by atoms with Crippen LogP contribution in [0, 0.1) is 5.92 Å². The van der Waals surface area contributed by atoms with Gasteiger partial charge in [0.1, 0.15) is 0 Å². The van der Waals surface area contributed by atoms with Crippen molar-refractivity contribution < 1.29 is 9.53 Å². The third kappa shape index (κ3) is 5.36. The van der Waals surface area contributed by atoms with E-state index >= 15 is 0 Å². The monoisotopic (exact) mass is 256 g/mol. The number of rotatable bonds is 9. The Morgan fingerprint density at radius 3 is 2.61 bits per heavy atom. The van der Waals surface area contributed by atoms with Gasteiger partial charge in [-0.15, -0.1) is 0 Å². The summed E-state index contributed by atoms with van der Waals surface area (Å²) in [6, 6.07) is 0.550. The largest absolute Gasteiger partial charge is 0.383 e. The van der Waals surface area contributed by atoms with Crippen LogP contribution in [0.3, 0.4) is 0 Å². The smallest absolute Gasteiger partial charge is 0.222 e. The number of hydrogen-bond donors (Lipinski definition) is 1. The second-order valence-corrected chi connectivity index (χ2v) is 5.53. The maximum absolute atomic E-state index is 12.2. The van der Waals surface area contributed by atoms with Crippen molar-refractivity contribution in [1.29, 1.82) is 0 Å².